The molecular weight excluding hydrogens is 240 g/mol. The van der Waals surface area contributed by atoms with Crippen molar-refractivity contribution in [1.29, 1.82) is 0 Å². The number of fused-ring (bicyclic) bond motifs is 3. The molecule has 1 aromatic heterocycles. The monoisotopic (exact) mass is 258 g/mol. The second kappa shape index (κ2) is 4.68. The molecule has 4 heteroatoms. The predicted octanol–water partition coefficient (Wildman–Crippen LogP) is 3.10. The minimum Gasteiger partial charge on any atom is -0.478 e. The van der Waals surface area contributed by atoms with E-state index < -0.39 is 5.97 Å². The Morgan fingerprint density at radius 1 is 1.53 bits per heavy atom. The lowest BCUT2D eigenvalue weighted by molar-refractivity contribution is 0.0697. The number of imidazole rings is 1. The fourth-order valence-corrected chi connectivity index (χ4v) is 3.04. The van der Waals surface area contributed by atoms with E-state index in [1.807, 2.05) is 6.07 Å². The standard InChI is InChI=1S/C15H18N2O2/c1-2-3-10-6-7-17-13-5-4-11(15(18)19)9-12(13)16-14(17)8-10/h4-5,9-10H,2-3,6-8H2,1H3,(H,18,19). The van der Waals surface area contributed by atoms with Crippen molar-refractivity contribution in [3.8, 4) is 0 Å². The zero-order chi connectivity index (χ0) is 13.4. The lowest BCUT2D eigenvalue weighted by Gasteiger charge is -2.23. The Morgan fingerprint density at radius 2 is 2.37 bits per heavy atom. The molecule has 1 aliphatic rings. The molecule has 1 atom stereocenters. The topological polar surface area (TPSA) is 55.1 Å². The molecule has 1 N–H and O–H groups in total. The molecule has 100 valence electrons. The molecule has 0 saturated heterocycles. The number of benzene rings is 1. The number of carboxylic acid groups (broad SMARTS) is 1. The molecule has 1 aliphatic heterocycles. The van der Waals surface area contributed by atoms with Gasteiger partial charge in [0.1, 0.15) is 5.82 Å². The van der Waals surface area contributed by atoms with Crippen LogP contribution in [0.5, 0.6) is 0 Å². The second-order valence-electron chi connectivity index (χ2n) is 5.34. The van der Waals surface area contributed by atoms with Gasteiger partial charge in [-0.3, -0.25) is 0 Å². The molecule has 2 aromatic rings. The van der Waals surface area contributed by atoms with Crippen molar-refractivity contribution in [1.82, 2.24) is 9.55 Å². The van der Waals surface area contributed by atoms with Gasteiger partial charge in [-0.15, -0.1) is 0 Å². The van der Waals surface area contributed by atoms with E-state index >= 15 is 0 Å². The average molecular weight is 258 g/mol. The maximum absolute atomic E-state index is 11.0. The van der Waals surface area contributed by atoms with E-state index in [2.05, 4.69) is 16.5 Å². The summed E-state index contributed by atoms with van der Waals surface area (Å²) in [5.74, 6) is 0.951. The molecule has 2 heterocycles. The van der Waals surface area contributed by atoms with Crippen molar-refractivity contribution in [2.75, 3.05) is 0 Å². The maximum atomic E-state index is 11.0. The molecule has 1 unspecified atom stereocenters. The Morgan fingerprint density at radius 3 is 3.11 bits per heavy atom. The third-order valence-corrected chi connectivity index (χ3v) is 4.00. The molecule has 0 radical (unpaired) electrons. The van der Waals surface area contributed by atoms with E-state index in [4.69, 9.17) is 5.11 Å². The Labute approximate surface area is 112 Å². The van der Waals surface area contributed by atoms with Gasteiger partial charge in [0.2, 0.25) is 0 Å². The van der Waals surface area contributed by atoms with E-state index in [1.54, 1.807) is 12.1 Å². The normalized spacial score (nSPS) is 18.5. The zero-order valence-corrected chi connectivity index (χ0v) is 11.1. The van der Waals surface area contributed by atoms with Crippen molar-refractivity contribution >= 4 is 17.0 Å². The lowest BCUT2D eigenvalue weighted by atomic mass is 9.93. The SMILES string of the molecule is CCCC1CCn2c(nc3cc(C(=O)O)ccc32)C1. The first-order chi connectivity index (χ1) is 9.19. The predicted molar refractivity (Wildman–Crippen MR) is 73.4 cm³/mol. The number of hydrogen-bond acceptors (Lipinski definition) is 2. The van der Waals surface area contributed by atoms with Gasteiger partial charge >= 0.3 is 5.97 Å². The summed E-state index contributed by atoms with van der Waals surface area (Å²) in [5.41, 5.74) is 2.19. The Balaban J connectivity index is 2.00. The highest BCUT2D eigenvalue weighted by atomic mass is 16.4. The fraction of sp³-hybridized carbons (Fsp3) is 0.467. The molecule has 0 saturated carbocycles. The number of aromatic nitrogens is 2. The van der Waals surface area contributed by atoms with Gasteiger partial charge in [0.15, 0.2) is 0 Å². The van der Waals surface area contributed by atoms with E-state index in [0.29, 0.717) is 5.56 Å². The number of nitrogens with zero attached hydrogens (tertiary/aromatic N) is 2. The van der Waals surface area contributed by atoms with Crippen LogP contribution in [0, 0.1) is 5.92 Å². The third kappa shape index (κ3) is 2.11. The van der Waals surface area contributed by atoms with Crippen LogP contribution < -0.4 is 0 Å². The van der Waals surface area contributed by atoms with E-state index in [0.717, 1.165) is 35.7 Å². The molecule has 19 heavy (non-hydrogen) atoms. The Bertz CT molecular complexity index is 630. The van der Waals surface area contributed by atoms with Gasteiger partial charge < -0.3 is 9.67 Å². The molecule has 3 rings (SSSR count). The third-order valence-electron chi connectivity index (χ3n) is 4.00. The largest absolute Gasteiger partial charge is 0.478 e. The number of aromatic carboxylic acids is 1. The van der Waals surface area contributed by atoms with Crippen LogP contribution in [0.3, 0.4) is 0 Å². The van der Waals surface area contributed by atoms with Crippen molar-refractivity contribution < 1.29 is 9.90 Å². The van der Waals surface area contributed by atoms with Crippen LogP contribution in [-0.4, -0.2) is 20.6 Å². The van der Waals surface area contributed by atoms with Crippen LogP contribution in [0.25, 0.3) is 11.0 Å². The van der Waals surface area contributed by atoms with Crippen LogP contribution in [-0.2, 0) is 13.0 Å². The first-order valence-electron chi connectivity index (χ1n) is 6.91. The lowest BCUT2D eigenvalue weighted by Crippen LogP contribution is -2.19. The minimum atomic E-state index is -0.892. The Kier molecular flexibility index (Phi) is 3.01. The molecule has 0 fully saturated rings. The number of aryl methyl sites for hydroxylation is 1. The van der Waals surface area contributed by atoms with Crippen molar-refractivity contribution in [2.45, 2.75) is 39.2 Å². The molecule has 0 amide bonds. The molecule has 4 nitrogen and oxygen atoms in total. The minimum absolute atomic E-state index is 0.313. The summed E-state index contributed by atoms with van der Waals surface area (Å²) in [5, 5.41) is 9.02. The first-order valence-corrected chi connectivity index (χ1v) is 6.91. The van der Waals surface area contributed by atoms with Crippen LogP contribution >= 0.6 is 0 Å². The van der Waals surface area contributed by atoms with Crippen LogP contribution in [0.1, 0.15) is 42.4 Å². The molecule has 0 spiro atoms. The maximum Gasteiger partial charge on any atom is 0.335 e. The fourth-order valence-electron chi connectivity index (χ4n) is 3.04. The van der Waals surface area contributed by atoms with Crippen molar-refractivity contribution in [3.63, 3.8) is 0 Å². The summed E-state index contributed by atoms with van der Waals surface area (Å²) >= 11 is 0. The van der Waals surface area contributed by atoms with Crippen LogP contribution in [0.2, 0.25) is 0 Å². The highest BCUT2D eigenvalue weighted by Gasteiger charge is 2.21. The average Bonchev–Trinajstić information content (AvgIpc) is 2.75. The summed E-state index contributed by atoms with van der Waals surface area (Å²) in [6.07, 6.45) is 4.69. The van der Waals surface area contributed by atoms with Gasteiger partial charge in [0, 0.05) is 13.0 Å². The highest BCUT2D eigenvalue weighted by molar-refractivity contribution is 5.92. The summed E-state index contributed by atoms with van der Waals surface area (Å²) in [6, 6.07) is 5.23. The summed E-state index contributed by atoms with van der Waals surface area (Å²) in [4.78, 5) is 15.6. The van der Waals surface area contributed by atoms with E-state index in [-0.39, 0.29) is 0 Å². The van der Waals surface area contributed by atoms with Gasteiger partial charge in [0.25, 0.3) is 0 Å². The number of carbonyl (C=O) groups is 1. The Hall–Kier alpha value is -1.84. The number of rotatable bonds is 3. The molecule has 0 bridgehead atoms. The summed E-state index contributed by atoms with van der Waals surface area (Å²) < 4.78 is 2.24. The van der Waals surface area contributed by atoms with Crippen LogP contribution in [0.4, 0.5) is 0 Å². The van der Waals surface area contributed by atoms with Gasteiger partial charge in [-0.1, -0.05) is 19.8 Å². The van der Waals surface area contributed by atoms with Crippen molar-refractivity contribution in [3.05, 3.63) is 29.6 Å². The molecule has 1 aromatic carbocycles. The zero-order valence-electron chi connectivity index (χ0n) is 11.1. The van der Waals surface area contributed by atoms with E-state index in [9.17, 15) is 4.79 Å². The molecule has 0 aliphatic carbocycles. The van der Waals surface area contributed by atoms with Crippen molar-refractivity contribution in [2.24, 2.45) is 5.92 Å². The summed E-state index contributed by atoms with van der Waals surface area (Å²) in [6.45, 7) is 3.22. The quantitative estimate of drug-likeness (QED) is 0.920. The first kappa shape index (κ1) is 12.2. The van der Waals surface area contributed by atoms with Gasteiger partial charge in [0.05, 0.1) is 16.6 Å². The van der Waals surface area contributed by atoms with Gasteiger partial charge in [-0.2, -0.15) is 0 Å². The highest BCUT2D eigenvalue weighted by Crippen LogP contribution is 2.28. The number of hydrogen-bond donors (Lipinski definition) is 1. The van der Waals surface area contributed by atoms with Crippen LogP contribution in [0.15, 0.2) is 18.2 Å². The van der Waals surface area contributed by atoms with Gasteiger partial charge in [-0.05, 0) is 30.5 Å². The number of carboxylic acids is 1. The van der Waals surface area contributed by atoms with E-state index in [1.165, 1.54) is 19.3 Å². The summed E-state index contributed by atoms with van der Waals surface area (Å²) in [7, 11) is 0. The van der Waals surface area contributed by atoms with Gasteiger partial charge in [-0.25, -0.2) is 9.78 Å². The smallest absolute Gasteiger partial charge is 0.335 e. The molecular formula is C15H18N2O2. The second-order valence-corrected chi connectivity index (χ2v) is 5.34.